The number of amides is 1. The van der Waals surface area contributed by atoms with Crippen LogP contribution < -0.4 is 5.73 Å². The number of primary amides is 1. The zero-order valence-electron chi connectivity index (χ0n) is 12.8. The maximum absolute atomic E-state index is 10.9. The molecule has 0 aliphatic heterocycles. The first-order valence-electron chi connectivity index (χ1n) is 7.72. The van der Waals surface area contributed by atoms with Gasteiger partial charge in [0.15, 0.2) is 0 Å². The SMILES string of the molecule is NC(=O)CCCc1nc(-c2ccccc2)c(-c2ccccc2)[nH]1. The smallest absolute Gasteiger partial charge is 0.217 e. The largest absolute Gasteiger partial charge is 0.370 e. The Morgan fingerprint density at radius 1 is 0.957 bits per heavy atom. The van der Waals surface area contributed by atoms with E-state index in [1.165, 1.54) is 0 Å². The Kier molecular flexibility index (Phi) is 4.52. The Labute approximate surface area is 135 Å². The number of nitrogens with zero attached hydrogens (tertiary/aromatic N) is 1. The number of imidazole rings is 1. The predicted molar refractivity (Wildman–Crippen MR) is 91.6 cm³/mol. The normalized spacial score (nSPS) is 10.6. The standard InChI is InChI=1S/C19H19N3O/c20-16(23)12-7-13-17-21-18(14-8-3-1-4-9-14)19(22-17)15-10-5-2-6-11-15/h1-6,8-11H,7,12-13H2,(H2,20,23)(H,21,22). The fourth-order valence-corrected chi connectivity index (χ4v) is 2.59. The highest BCUT2D eigenvalue weighted by Gasteiger charge is 2.13. The van der Waals surface area contributed by atoms with Gasteiger partial charge in [-0.1, -0.05) is 60.7 Å². The number of carbonyl (C=O) groups excluding carboxylic acids is 1. The first-order chi connectivity index (χ1) is 11.2. The lowest BCUT2D eigenvalue weighted by molar-refractivity contribution is -0.118. The van der Waals surface area contributed by atoms with Crippen LogP contribution in [0.4, 0.5) is 0 Å². The van der Waals surface area contributed by atoms with Gasteiger partial charge in [-0.25, -0.2) is 4.98 Å². The van der Waals surface area contributed by atoms with Crippen LogP contribution in [0, 0.1) is 0 Å². The van der Waals surface area contributed by atoms with Crippen LogP contribution in [-0.2, 0) is 11.2 Å². The van der Waals surface area contributed by atoms with Gasteiger partial charge in [-0.2, -0.15) is 0 Å². The number of rotatable bonds is 6. The van der Waals surface area contributed by atoms with E-state index in [-0.39, 0.29) is 5.91 Å². The van der Waals surface area contributed by atoms with Crippen molar-refractivity contribution < 1.29 is 4.79 Å². The second kappa shape index (κ2) is 6.92. The van der Waals surface area contributed by atoms with Gasteiger partial charge >= 0.3 is 0 Å². The quantitative estimate of drug-likeness (QED) is 0.731. The van der Waals surface area contributed by atoms with Gasteiger partial charge in [-0.05, 0) is 6.42 Å². The highest BCUT2D eigenvalue weighted by atomic mass is 16.1. The molecule has 0 spiro atoms. The molecule has 0 fully saturated rings. The minimum absolute atomic E-state index is 0.275. The van der Waals surface area contributed by atoms with Crippen LogP contribution in [0.25, 0.3) is 22.5 Å². The van der Waals surface area contributed by atoms with Crippen LogP contribution in [0.15, 0.2) is 60.7 Å². The van der Waals surface area contributed by atoms with Crippen molar-refractivity contribution >= 4 is 5.91 Å². The number of aryl methyl sites for hydroxylation is 1. The lowest BCUT2D eigenvalue weighted by Crippen LogP contribution is -2.10. The van der Waals surface area contributed by atoms with Crippen LogP contribution in [-0.4, -0.2) is 15.9 Å². The molecule has 0 aliphatic carbocycles. The fraction of sp³-hybridized carbons (Fsp3) is 0.158. The number of aromatic amines is 1. The summed E-state index contributed by atoms with van der Waals surface area (Å²) in [6.45, 7) is 0. The van der Waals surface area contributed by atoms with Gasteiger partial charge in [-0.3, -0.25) is 4.79 Å². The van der Waals surface area contributed by atoms with Gasteiger partial charge in [0.2, 0.25) is 5.91 Å². The molecule has 116 valence electrons. The summed E-state index contributed by atoms with van der Waals surface area (Å²) in [6, 6.07) is 20.3. The second-order valence-corrected chi connectivity index (χ2v) is 5.46. The van der Waals surface area contributed by atoms with Gasteiger partial charge in [0.1, 0.15) is 5.82 Å². The summed E-state index contributed by atoms with van der Waals surface area (Å²) in [5.41, 5.74) is 9.32. The highest BCUT2D eigenvalue weighted by Crippen LogP contribution is 2.30. The van der Waals surface area contributed by atoms with Gasteiger partial charge < -0.3 is 10.7 Å². The number of nitrogens with one attached hydrogen (secondary N) is 1. The lowest BCUT2D eigenvalue weighted by atomic mass is 10.1. The van der Waals surface area contributed by atoms with Crippen molar-refractivity contribution in [2.24, 2.45) is 5.73 Å². The molecule has 1 amide bonds. The Balaban J connectivity index is 1.96. The number of nitrogens with two attached hydrogens (primary N) is 1. The second-order valence-electron chi connectivity index (χ2n) is 5.46. The van der Waals surface area contributed by atoms with E-state index >= 15 is 0 Å². The van der Waals surface area contributed by atoms with Crippen LogP contribution in [0.1, 0.15) is 18.7 Å². The van der Waals surface area contributed by atoms with Crippen LogP contribution in [0.3, 0.4) is 0 Å². The van der Waals surface area contributed by atoms with Crippen molar-refractivity contribution in [2.75, 3.05) is 0 Å². The van der Waals surface area contributed by atoms with E-state index in [0.29, 0.717) is 19.3 Å². The van der Waals surface area contributed by atoms with Gasteiger partial charge in [0, 0.05) is 24.0 Å². The minimum atomic E-state index is -0.275. The monoisotopic (exact) mass is 305 g/mol. The van der Waals surface area contributed by atoms with E-state index in [1.54, 1.807) is 0 Å². The lowest BCUT2D eigenvalue weighted by Gasteiger charge is -2.02. The third-order valence-corrected chi connectivity index (χ3v) is 3.70. The number of carbonyl (C=O) groups is 1. The Hall–Kier alpha value is -2.88. The molecule has 1 aromatic heterocycles. The maximum atomic E-state index is 10.9. The van der Waals surface area contributed by atoms with E-state index in [4.69, 9.17) is 10.7 Å². The molecule has 23 heavy (non-hydrogen) atoms. The van der Waals surface area contributed by atoms with E-state index in [2.05, 4.69) is 29.2 Å². The molecule has 0 unspecified atom stereocenters. The van der Waals surface area contributed by atoms with Crippen LogP contribution >= 0.6 is 0 Å². The number of hydrogen-bond donors (Lipinski definition) is 2. The van der Waals surface area contributed by atoms with Gasteiger partial charge in [0.05, 0.1) is 11.4 Å². The number of aromatic nitrogens is 2. The molecule has 4 nitrogen and oxygen atoms in total. The Bertz CT molecular complexity index is 722. The van der Waals surface area contributed by atoms with E-state index in [1.807, 2.05) is 36.4 Å². The van der Waals surface area contributed by atoms with Crippen LogP contribution in [0.5, 0.6) is 0 Å². The summed E-state index contributed by atoms with van der Waals surface area (Å²) in [5.74, 6) is 0.604. The molecule has 0 saturated carbocycles. The zero-order valence-corrected chi connectivity index (χ0v) is 12.8. The molecular weight excluding hydrogens is 286 g/mol. The van der Waals surface area contributed by atoms with Gasteiger partial charge in [-0.15, -0.1) is 0 Å². The molecule has 1 heterocycles. The number of benzene rings is 2. The summed E-state index contributed by atoms with van der Waals surface area (Å²) in [4.78, 5) is 19.0. The van der Waals surface area contributed by atoms with Crippen LogP contribution in [0.2, 0.25) is 0 Å². The third kappa shape index (κ3) is 3.66. The van der Waals surface area contributed by atoms with Crippen molar-refractivity contribution in [2.45, 2.75) is 19.3 Å². The third-order valence-electron chi connectivity index (χ3n) is 3.70. The van der Waals surface area contributed by atoms with Crippen molar-refractivity contribution in [3.63, 3.8) is 0 Å². The number of H-pyrrole nitrogens is 1. The first-order valence-corrected chi connectivity index (χ1v) is 7.72. The van der Waals surface area contributed by atoms with Crippen molar-refractivity contribution in [3.05, 3.63) is 66.5 Å². The van der Waals surface area contributed by atoms with Crippen molar-refractivity contribution in [1.29, 1.82) is 0 Å². The first kappa shape index (κ1) is 15.0. The summed E-state index contributed by atoms with van der Waals surface area (Å²) in [7, 11) is 0. The molecule has 2 aromatic carbocycles. The van der Waals surface area contributed by atoms with Crippen molar-refractivity contribution in [1.82, 2.24) is 9.97 Å². The molecule has 3 N–H and O–H groups in total. The van der Waals surface area contributed by atoms with Gasteiger partial charge in [0.25, 0.3) is 0 Å². The molecule has 3 rings (SSSR count). The topological polar surface area (TPSA) is 71.8 Å². The molecule has 0 aliphatic rings. The number of hydrogen-bond acceptors (Lipinski definition) is 2. The molecule has 3 aromatic rings. The van der Waals surface area contributed by atoms with E-state index < -0.39 is 0 Å². The van der Waals surface area contributed by atoms with E-state index in [0.717, 1.165) is 28.3 Å². The molecule has 0 radical (unpaired) electrons. The fourth-order valence-electron chi connectivity index (χ4n) is 2.59. The summed E-state index contributed by atoms with van der Waals surface area (Å²) in [5, 5.41) is 0. The molecule has 4 heteroatoms. The van der Waals surface area contributed by atoms with Crippen molar-refractivity contribution in [3.8, 4) is 22.5 Å². The minimum Gasteiger partial charge on any atom is -0.370 e. The summed E-state index contributed by atoms with van der Waals surface area (Å²) in [6.07, 6.45) is 1.78. The average molecular weight is 305 g/mol. The maximum Gasteiger partial charge on any atom is 0.217 e. The summed E-state index contributed by atoms with van der Waals surface area (Å²) < 4.78 is 0. The molecule has 0 bridgehead atoms. The average Bonchev–Trinajstić information content (AvgIpc) is 3.00. The Morgan fingerprint density at radius 2 is 1.57 bits per heavy atom. The predicted octanol–water partition coefficient (Wildman–Crippen LogP) is 3.55. The Morgan fingerprint density at radius 3 is 2.17 bits per heavy atom. The van der Waals surface area contributed by atoms with E-state index in [9.17, 15) is 4.79 Å². The zero-order chi connectivity index (χ0) is 16.1. The molecular formula is C19H19N3O. The summed E-state index contributed by atoms with van der Waals surface area (Å²) >= 11 is 0. The molecule has 0 saturated heterocycles. The highest BCUT2D eigenvalue weighted by molar-refractivity contribution is 5.78. The molecule has 0 atom stereocenters.